The third-order valence-electron chi connectivity index (χ3n) is 3.64. The van der Waals surface area contributed by atoms with E-state index in [2.05, 4.69) is 44.6 Å². The Labute approximate surface area is 130 Å². The molecule has 0 aromatic carbocycles. The molecule has 0 atom stereocenters. The zero-order valence-corrected chi connectivity index (χ0v) is 14.4. The van der Waals surface area contributed by atoms with Crippen LogP contribution in [0.15, 0.2) is 9.59 Å². The fourth-order valence-corrected chi connectivity index (χ4v) is 2.52. The second-order valence-corrected chi connectivity index (χ2v) is 7.57. The number of aromatic amines is 1. The Morgan fingerprint density at radius 2 is 1.82 bits per heavy atom. The maximum atomic E-state index is 12.8. The second kappa shape index (κ2) is 5.74. The van der Waals surface area contributed by atoms with Crippen molar-refractivity contribution in [1.29, 1.82) is 0 Å². The highest BCUT2D eigenvalue weighted by atomic mass is 16.2. The highest BCUT2D eigenvalue weighted by molar-refractivity contribution is 5.70. The molecule has 0 aliphatic rings. The topological polar surface area (TPSA) is 72.7 Å². The lowest BCUT2D eigenvalue weighted by Crippen LogP contribution is -2.36. The molecule has 2 rings (SSSR count). The third kappa shape index (κ3) is 3.31. The van der Waals surface area contributed by atoms with E-state index in [1.54, 1.807) is 0 Å². The van der Waals surface area contributed by atoms with Crippen LogP contribution in [-0.4, -0.2) is 19.1 Å². The summed E-state index contributed by atoms with van der Waals surface area (Å²) in [5.74, 6) is 1.18. The van der Waals surface area contributed by atoms with Gasteiger partial charge in [-0.15, -0.1) is 0 Å². The fourth-order valence-electron chi connectivity index (χ4n) is 2.52. The van der Waals surface area contributed by atoms with Gasteiger partial charge in [0.25, 0.3) is 5.56 Å². The van der Waals surface area contributed by atoms with Gasteiger partial charge in [0, 0.05) is 13.1 Å². The lowest BCUT2D eigenvalue weighted by molar-refractivity contribution is 0.344. The Kier molecular flexibility index (Phi) is 4.31. The highest BCUT2D eigenvalue weighted by Gasteiger charge is 2.20. The van der Waals surface area contributed by atoms with E-state index in [0.29, 0.717) is 30.2 Å². The van der Waals surface area contributed by atoms with Gasteiger partial charge in [-0.1, -0.05) is 34.6 Å². The first-order valence-electron chi connectivity index (χ1n) is 7.80. The monoisotopic (exact) mass is 306 g/mol. The molecule has 0 saturated heterocycles. The van der Waals surface area contributed by atoms with Crippen LogP contribution in [0.3, 0.4) is 0 Å². The standard InChI is InChI=1S/C16H26N4O2/c1-10(2)7-8-19-14(21)12-13(18-15(19)22)17-11(3)20(12)9-16(4,5)6/h10H,7-9H2,1-6H3,(H,18,22). The predicted molar refractivity (Wildman–Crippen MR) is 88.3 cm³/mol. The fraction of sp³-hybridized carbons (Fsp3) is 0.688. The van der Waals surface area contributed by atoms with Crippen LogP contribution in [0, 0.1) is 18.3 Å². The number of nitrogens with zero attached hydrogens (tertiary/aromatic N) is 3. The van der Waals surface area contributed by atoms with Crippen LogP contribution in [0.25, 0.3) is 11.2 Å². The first-order valence-corrected chi connectivity index (χ1v) is 7.80. The van der Waals surface area contributed by atoms with Crippen molar-refractivity contribution >= 4 is 11.2 Å². The summed E-state index contributed by atoms with van der Waals surface area (Å²) in [7, 11) is 0. The molecule has 0 saturated carbocycles. The van der Waals surface area contributed by atoms with Gasteiger partial charge in [0.05, 0.1) is 0 Å². The van der Waals surface area contributed by atoms with Crippen LogP contribution in [-0.2, 0) is 13.1 Å². The van der Waals surface area contributed by atoms with E-state index in [0.717, 1.165) is 12.2 Å². The number of imidazole rings is 1. The number of aryl methyl sites for hydroxylation is 1. The quantitative estimate of drug-likeness (QED) is 0.942. The van der Waals surface area contributed by atoms with Gasteiger partial charge >= 0.3 is 5.69 Å². The minimum Gasteiger partial charge on any atom is -0.322 e. The van der Waals surface area contributed by atoms with E-state index in [-0.39, 0.29) is 16.7 Å². The first kappa shape index (κ1) is 16.5. The van der Waals surface area contributed by atoms with Gasteiger partial charge < -0.3 is 4.57 Å². The number of H-pyrrole nitrogens is 1. The summed E-state index contributed by atoms with van der Waals surface area (Å²) in [4.78, 5) is 32.0. The molecule has 1 N–H and O–H groups in total. The normalized spacial score (nSPS) is 12.5. The average molecular weight is 306 g/mol. The van der Waals surface area contributed by atoms with E-state index < -0.39 is 0 Å². The number of fused-ring (bicyclic) bond motifs is 1. The highest BCUT2D eigenvalue weighted by Crippen LogP contribution is 2.20. The maximum absolute atomic E-state index is 12.8. The molecule has 6 heteroatoms. The van der Waals surface area contributed by atoms with Crippen LogP contribution in [0.4, 0.5) is 0 Å². The SMILES string of the molecule is Cc1nc2[nH]c(=O)n(CCC(C)C)c(=O)c2n1CC(C)(C)C. The lowest BCUT2D eigenvalue weighted by atomic mass is 9.97. The van der Waals surface area contributed by atoms with Gasteiger partial charge in [-0.25, -0.2) is 9.78 Å². The molecule has 0 unspecified atom stereocenters. The number of nitrogens with one attached hydrogen (secondary N) is 1. The summed E-state index contributed by atoms with van der Waals surface area (Å²) in [6.07, 6.45) is 0.793. The molecule has 0 aliphatic carbocycles. The van der Waals surface area contributed by atoms with Crippen molar-refractivity contribution in [2.45, 2.75) is 61.1 Å². The van der Waals surface area contributed by atoms with Crippen LogP contribution >= 0.6 is 0 Å². The van der Waals surface area contributed by atoms with Gasteiger partial charge in [0.2, 0.25) is 0 Å². The Bertz CT molecular complexity index is 787. The van der Waals surface area contributed by atoms with Crippen molar-refractivity contribution in [2.75, 3.05) is 0 Å². The van der Waals surface area contributed by atoms with Crippen LogP contribution in [0.2, 0.25) is 0 Å². The molecule has 22 heavy (non-hydrogen) atoms. The largest absolute Gasteiger partial charge is 0.330 e. The zero-order chi connectivity index (χ0) is 16.7. The van der Waals surface area contributed by atoms with Crippen LogP contribution in [0.1, 0.15) is 46.9 Å². The van der Waals surface area contributed by atoms with E-state index in [1.807, 2.05) is 11.5 Å². The van der Waals surface area contributed by atoms with Crippen molar-refractivity contribution in [1.82, 2.24) is 19.1 Å². The van der Waals surface area contributed by atoms with Gasteiger partial charge in [0.15, 0.2) is 11.2 Å². The van der Waals surface area contributed by atoms with Crippen molar-refractivity contribution in [2.24, 2.45) is 11.3 Å². The number of rotatable bonds is 4. The van der Waals surface area contributed by atoms with Crippen molar-refractivity contribution in [3.05, 3.63) is 26.7 Å². The predicted octanol–water partition coefficient (Wildman–Crippen LogP) is 2.29. The maximum Gasteiger partial charge on any atom is 0.330 e. The second-order valence-electron chi connectivity index (χ2n) is 7.57. The summed E-state index contributed by atoms with van der Waals surface area (Å²) in [5, 5.41) is 0. The smallest absolute Gasteiger partial charge is 0.322 e. The molecule has 122 valence electrons. The van der Waals surface area contributed by atoms with Crippen molar-refractivity contribution < 1.29 is 0 Å². The molecular weight excluding hydrogens is 280 g/mol. The van der Waals surface area contributed by atoms with Gasteiger partial charge in [-0.05, 0) is 24.7 Å². The summed E-state index contributed by atoms with van der Waals surface area (Å²) in [6.45, 7) is 13.5. The van der Waals surface area contributed by atoms with Crippen molar-refractivity contribution in [3.63, 3.8) is 0 Å². The van der Waals surface area contributed by atoms with E-state index in [4.69, 9.17) is 0 Å². The Hall–Kier alpha value is -1.85. The first-order chi connectivity index (χ1) is 10.1. The number of aromatic nitrogens is 4. The van der Waals surface area contributed by atoms with E-state index in [1.165, 1.54) is 4.57 Å². The summed E-state index contributed by atoms with van der Waals surface area (Å²) >= 11 is 0. The molecule has 0 aliphatic heterocycles. The van der Waals surface area contributed by atoms with Crippen LogP contribution < -0.4 is 11.2 Å². The summed E-state index contributed by atoms with van der Waals surface area (Å²) < 4.78 is 3.21. The molecule has 2 aromatic heterocycles. The van der Waals surface area contributed by atoms with Gasteiger partial charge in [0.1, 0.15) is 5.82 Å². The van der Waals surface area contributed by atoms with Gasteiger partial charge in [-0.2, -0.15) is 0 Å². The molecule has 2 heterocycles. The molecule has 0 spiro atoms. The van der Waals surface area contributed by atoms with Crippen LogP contribution in [0.5, 0.6) is 0 Å². The lowest BCUT2D eigenvalue weighted by Gasteiger charge is -2.20. The minimum atomic E-state index is -0.376. The minimum absolute atomic E-state index is 0.0176. The summed E-state index contributed by atoms with van der Waals surface area (Å²) in [6, 6.07) is 0. The van der Waals surface area contributed by atoms with Gasteiger partial charge in [-0.3, -0.25) is 14.3 Å². The molecule has 0 radical (unpaired) electrons. The Balaban J connectivity index is 2.64. The number of hydrogen-bond donors (Lipinski definition) is 1. The van der Waals surface area contributed by atoms with E-state index >= 15 is 0 Å². The molecule has 2 aromatic rings. The summed E-state index contributed by atoms with van der Waals surface area (Å²) in [5.41, 5.74) is 0.278. The number of hydrogen-bond acceptors (Lipinski definition) is 3. The average Bonchev–Trinajstić information content (AvgIpc) is 2.63. The Morgan fingerprint density at radius 3 is 2.36 bits per heavy atom. The zero-order valence-electron chi connectivity index (χ0n) is 14.4. The molecular formula is C16H26N4O2. The van der Waals surface area contributed by atoms with E-state index in [9.17, 15) is 9.59 Å². The third-order valence-corrected chi connectivity index (χ3v) is 3.64. The van der Waals surface area contributed by atoms with Crippen molar-refractivity contribution in [3.8, 4) is 0 Å². The molecule has 0 bridgehead atoms. The Morgan fingerprint density at radius 1 is 1.18 bits per heavy atom. The molecule has 0 amide bonds. The molecule has 0 fully saturated rings. The molecule has 6 nitrogen and oxygen atoms in total.